The Morgan fingerprint density at radius 1 is 1.24 bits per heavy atom. The fourth-order valence-corrected chi connectivity index (χ4v) is 1.94. The van der Waals surface area contributed by atoms with E-state index in [1.165, 1.54) is 5.56 Å². The summed E-state index contributed by atoms with van der Waals surface area (Å²) < 4.78 is 2.13. The molecule has 1 heterocycles. The van der Waals surface area contributed by atoms with Crippen LogP contribution in [0.15, 0.2) is 36.7 Å². The van der Waals surface area contributed by atoms with Crippen molar-refractivity contribution in [1.82, 2.24) is 9.55 Å². The third kappa shape index (κ3) is 2.39. The van der Waals surface area contributed by atoms with Crippen LogP contribution in [-0.2, 0) is 6.54 Å². The maximum atomic E-state index is 6.00. The van der Waals surface area contributed by atoms with E-state index in [-0.39, 0.29) is 6.04 Å². The van der Waals surface area contributed by atoms with Crippen molar-refractivity contribution in [2.24, 2.45) is 5.73 Å². The molecule has 2 N–H and O–H groups in total. The van der Waals surface area contributed by atoms with E-state index in [1.54, 1.807) is 0 Å². The smallest absolute Gasteiger partial charge is 0.139 e. The van der Waals surface area contributed by atoms with Gasteiger partial charge in [-0.25, -0.2) is 4.98 Å². The molecule has 3 heteroatoms. The lowest BCUT2D eigenvalue weighted by Gasteiger charge is -2.10. The molecule has 0 radical (unpaired) electrons. The number of nitrogens with two attached hydrogens (primary N) is 1. The zero-order chi connectivity index (χ0) is 12.3. The topological polar surface area (TPSA) is 43.8 Å². The van der Waals surface area contributed by atoms with Crippen LogP contribution in [0.1, 0.15) is 31.9 Å². The third-order valence-corrected chi connectivity index (χ3v) is 3.09. The second-order valence-electron chi connectivity index (χ2n) is 4.17. The van der Waals surface area contributed by atoms with Gasteiger partial charge in [0.25, 0.3) is 0 Å². The van der Waals surface area contributed by atoms with Gasteiger partial charge in [-0.2, -0.15) is 0 Å². The minimum Gasteiger partial charge on any atom is -0.331 e. The molecule has 3 nitrogen and oxygen atoms in total. The molecule has 1 unspecified atom stereocenters. The molecule has 0 spiro atoms. The van der Waals surface area contributed by atoms with Crippen molar-refractivity contribution in [3.05, 3.63) is 42.2 Å². The van der Waals surface area contributed by atoms with Gasteiger partial charge in [-0.3, -0.25) is 0 Å². The highest BCUT2D eigenvalue weighted by molar-refractivity contribution is 5.56. The number of imidazole rings is 1. The molecular weight excluding hydrogens is 210 g/mol. The van der Waals surface area contributed by atoms with Crippen LogP contribution in [0.5, 0.6) is 0 Å². The fraction of sp³-hybridized carbons (Fsp3) is 0.357. The number of nitrogens with zero attached hydrogens (tertiary/aromatic N) is 2. The average Bonchev–Trinajstić information content (AvgIpc) is 2.86. The fourth-order valence-electron chi connectivity index (χ4n) is 1.94. The molecule has 0 aliphatic heterocycles. The minimum absolute atomic E-state index is 0.134. The highest BCUT2D eigenvalue weighted by atomic mass is 15.1. The first-order chi connectivity index (χ1) is 8.26. The zero-order valence-electron chi connectivity index (χ0n) is 10.4. The van der Waals surface area contributed by atoms with Gasteiger partial charge in [0.1, 0.15) is 5.82 Å². The number of rotatable bonds is 4. The molecular formula is C14H19N3. The summed E-state index contributed by atoms with van der Waals surface area (Å²) in [5, 5.41) is 0. The molecule has 0 fully saturated rings. The SMILES string of the molecule is CCC(N)c1ccc(-c2nccn2CC)cc1. The molecule has 1 aromatic carbocycles. The third-order valence-electron chi connectivity index (χ3n) is 3.09. The highest BCUT2D eigenvalue weighted by Gasteiger charge is 2.06. The van der Waals surface area contributed by atoms with Crippen LogP contribution in [0.4, 0.5) is 0 Å². The molecule has 90 valence electrons. The first-order valence-electron chi connectivity index (χ1n) is 6.13. The van der Waals surface area contributed by atoms with E-state index in [0.717, 1.165) is 24.4 Å². The number of benzene rings is 1. The van der Waals surface area contributed by atoms with Gasteiger partial charge in [-0.1, -0.05) is 31.2 Å². The van der Waals surface area contributed by atoms with Gasteiger partial charge >= 0.3 is 0 Å². The Labute approximate surface area is 102 Å². The van der Waals surface area contributed by atoms with E-state index < -0.39 is 0 Å². The quantitative estimate of drug-likeness (QED) is 0.876. The van der Waals surface area contributed by atoms with Crippen LogP contribution in [0.25, 0.3) is 11.4 Å². The van der Waals surface area contributed by atoms with Crippen molar-refractivity contribution in [3.63, 3.8) is 0 Å². The number of aryl methyl sites for hydroxylation is 1. The summed E-state index contributed by atoms with van der Waals surface area (Å²) in [6.45, 7) is 5.15. The maximum absolute atomic E-state index is 6.00. The summed E-state index contributed by atoms with van der Waals surface area (Å²) in [5.74, 6) is 1.02. The van der Waals surface area contributed by atoms with Crippen molar-refractivity contribution >= 4 is 0 Å². The summed E-state index contributed by atoms with van der Waals surface area (Å²) in [4.78, 5) is 4.38. The van der Waals surface area contributed by atoms with Crippen molar-refractivity contribution in [3.8, 4) is 11.4 Å². The Balaban J connectivity index is 2.29. The van der Waals surface area contributed by atoms with E-state index in [9.17, 15) is 0 Å². The van der Waals surface area contributed by atoms with Crippen LogP contribution in [0, 0.1) is 0 Å². The van der Waals surface area contributed by atoms with Crippen LogP contribution in [0.3, 0.4) is 0 Å². The monoisotopic (exact) mass is 229 g/mol. The predicted molar refractivity (Wildman–Crippen MR) is 70.6 cm³/mol. The van der Waals surface area contributed by atoms with Gasteiger partial charge < -0.3 is 10.3 Å². The standard InChI is InChI=1S/C14H19N3/c1-3-13(15)11-5-7-12(8-6-11)14-16-9-10-17(14)4-2/h5-10,13H,3-4,15H2,1-2H3. The van der Waals surface area contributed by atoms with Gasteiger partial charge in [0.05, 0.1) is 0 Å². The Hall–Kier alpha value is -1.61. The van der Waals surface area contributed by atoms with Crippen LogP contribution in [-0.4, -0.2) is 9.55 Å². The molecule has 17 heavy (non-hydrogen) atoms. The van der Waals surface area contributed by atoms with E-state index in [2.05, 4.69) is 47.7 Å². The normalized spacial score (nSPS) is 12.6. The Bertz CT molecular complexity index is 470. The maximum Gasteiger partial charge on any atom is 0.139 e. The van der Waals surface area contributed by atoms with Gasteiger partial charge in [0.2, 0.25) is 0 Å². The van der Waals surface area contributed by atoms with Crippen molar-refractivity contribution in [1.29, 1.82) is 0 Å². The molecule has 0 bridgehead atoms. The molecule has 2 rings (SSSR count). The number of hydrogen-bond acceptors (Lipinski definition) is 2. The molecule has 0 saturated carbocycles. The van der Waals surface area contributed by atoms with Crippen LogP contribution < -0.4 is 5.73 Å². The Morgan fingerprint density at radius 3 is 2.53 bits per heavy atom. The predicted octanol–water partition coefficient (Wildman–Crippen LogP) is 2.98. The van der Waals surface area contributed by atoms with Crippen molar-refractivity contribution in [2.75, 3.05) is 0 Å². The number of hydrogen-bond donors (Lipinski definition) is 1. The second kappa shape index (κ2) is 5.15. The molecule has 0 amide bonds. The van der Waals surface area contributed by atoms with E-state index >= 15 is 0 Å². The lowest BCUT2D eigenvalue weighted by atomic mass is 10.0. The summed E-state index contributed by atoms with van der Waals surface area (Å²) in [6.07, 6.45) is 4.80. The molecule has 1 aromatic heterocycles. The molecule has 2 aromatic rings. The largest absolute Gasteiger partial charge is 0.331 e. The Kier molecular flexibility index (Phi) is 3.59. The number of aromatic nitrogens is 2. The van der Waals surface area contributed by atoms with Crippen LogP contribution >= 0.6 is 0 Å². The summed E-state index contributed by atoms with van der Waals surface area (Å²) in [5.41, 5.74) is 8.33. The van der Waals surface area contributed by atoms with E-state index in [4.69, 9.17) is 5.73 Å². The molecule has 0 aliphatic rings. The second-order valence-corrected chi connectivity index (χ2v) is 4.17. The summed E-state index contributed by atoms with van der Waals surface area (Å²) in [6, 6.07) is 8.52. The van der Waals surface area contributed by atoms with Crippen molar-refractivity contribution < 1.29 is 0 Å². The lowest BCUT2D eigenvalue weighted by Crippen LogP contribution is -2.08. The van der Waals surface area contributed by atoms with E-state index in [0.29, 0.717) is 0 Å². The van der Waals surface area contributed by atoms with E-state index in [1.807, 2.05) is 12.4 Å². The van der Waals surface area contributed by atoms with Gasteiger partial charge in [-0.15, -0.1) is 0 Å². The lowest BCUT2D eigenvalue weighted by molar-refractivity contribution is 0.698. The average molecular weight is 229 g/mol. The first kappa shape index (κ1) is 11.9. The zero-order valence-corrected chi connectivity index (χ0v) is 10.4. The Morgan fingerprint density at radius 2 is 1.94 bits per heavy atom. The molecule has 1 atom stereocenters. The van der Waals surface area contributed by atoms with Gasteiger partial charge in [-0.05, 0) is 18.9 Å². The summed E-state index contributed by atoms with van der Waals surface area (Å²) in [7, 11) is 0. The van der Waals surface area contributed by atoms with Crippen LogP contribution in [0.2, 0.25) is 0 Å². The first-order valence-corrected chi connectivity index (χ1v) is 6.13. The van der Waals surface area contributed by atoms with Gasteiger partial charge in [0, 0.05) is 30.5 Å². The minimum atomic E-state index is 0.134. The summed E-state index contributed by atoms with van der Waals surface area (Å²) >= 11 is 0. The van der Waals surface area contributed by atoms with Gasteiger partial charge in [0.15, 0.2) is 0 Å². The van der Waals surface area contributed by atoms with Crippen molar-refractivity contribution in [2.45, 2.75) is 32.9 Å². The molecule has 0 aliphatic carbocycles. The molecule has 0 saturated heterocycles. The highest BCUT2D eigenvalue weighted by Crippen LogP contribution is 2.21.